The highest BCUT2D eigenvalue weighted by atomic mass is 19.4. The maximum Gasteiger partial charge on any atom is 0.426 e. The van der Waals surface area contributed by atoms with Gasteiger partial charge in [0.1, 0.15) is 6.17 Å². The number of hydrogen-bond acceptors (Lipinski definition) is 2. The minimum Gasteiger partial charge on any atom is -0.393 e. The largest absolute Gasteiger partial charge is 0.426 e. The minimum absolute atomic E-state index is 0.00496. The summed E-state index contributed by atoms with van der Waals surface area (Å²) in [4.78, 5) is 0. The van der Waals surface area contributed by atoms with Gasteiger partial charge < -0.3 is 10.2 Å². The topological polar surface area (TPSA) is 40.5 Å². The third kappa shape index (κ3) is 4.41. The van der Waals surface area contributed by atoms with Gasteiger partial charge in [-0.05, 0) is 72.8 Å². The van der Waals surface area contributed by atoms with Gasteiger partial charge in [-0.3, -0.25) is 0 Å². The van der Waals surface area contributed by atoms with Gasteiger partial charge in [-0.2, -0.15) is 26.3 Å². The lowest BCUT2D eigenvalue weighted by Gasteiger charge is -2.45. The van der Waals surface area contributed by atoms with Gasteiger partial charge in [0.25, 0.3) is 5.60 Å². The number of aliphatic hydroxyl groups is 2. The normalized spacial score (nSPS) is 35.9. The van der Waals surface area contributed by atoms with E-state index in [1.54, 1.807) is 12.2 Å². The standard InChI is InChI=1S/C26H31F7O2/c1-15-17(12-18(34)13-20(15)27)6-5-16-4-3-9-22(2)19(16)7-8-21(22)23(10-11-23)14-24(35,25(28,29)30)26(31,32)33/h5-6,8,18-20,34-35H,1,3-4,7,9-14H2,2H3/b16-5+,17-6-/t18?,19?,20-,22-/m0/s1. The molecule has 0 bridgehead atoms. The quantitative estimate of drug-likeness (QED) is 0.316. The molecule has 4 aliphatic rings. The van der Waals surface area contributed by atoms with E-state index in [0.29, 0.717) is 36.0 Å². The van der Waals surface area contributed by atoms with E-state index in [9.17, 15) is 40.9 Å². The maximum absolute atomic E-state index is 14.1. The molecule has 2 nitrogen and oxygen atoms in total. The van der Waals surface area contributed by atoms with Crippen LogP contribution in [0.5, 0.6) is 0 Å². The van der Waals surface area contributed by atoms with Crippen LogP contribution in [0.25, 0.3) is 0 Å². The van der Waals surface area contributed by atoms with Crippen LogP contribution in [0.4, 0.5) is 30.7 Å². The first-order valence-electron chi connectivity index (χ1n) is 12.0. The second-order valence-electron chi connectivity index (χ2n) is 11.0. The summed E-state index contributed by atoms with van der Waals surface area (Å²) in [6.07, 6.45) is -6.59. The Kier molecular flexibility index (Phi) is 6.40. The van der Waals surface area contributed by atoms with Gasteiger partial charge >= 0.3 is 12.4 Å². The van der Waals surface area contributed by atoms with E-state index in [4.69, 9.17) is 0 Å². The predicted molar refractivity (Wildman–Crippen MR) is 117 cm³/mol. The molecule has 0 radical (unpaired) electrons. The van der Waals surface area contributed by atoms with Crippen molar-refractivity contribution in [3.05, 3.63) is 47.1 Å². The SMILES string of the molecule is C=C1/C(=C\C=C2/CCC[C@]3(C)C(C4(CC(O)(C(F)(F)F)C(F)(F)F)CC4)=CCC23)CC(O)C[C@@H]1F. The summed E-state index contributed by atoms with van der Waals surface area (Å²) in [5.74, 6) is -0.0894. The van der Waals surface area contributed by atoms with Crippen LogP contribution in [-0.4, -0.2) is 40.4 Å². The molecular formula is C26H31F7O2. The first kappa shape index (κ1) is 26.5. The van der Waals surface area contributed by atoms with Crippen molar-refractivity contribution < 1.29 is 40.9 Å². The molecule has 0 aromatic heterocycles. The number of rotatable bonds is 4. The van der Waals surface area contributed by atoms with Crippen LogP contribution in [0.2, 0.25) is 0 Å². The van der Waals surface area contributed by atoms with Gasteiger partial charge in [-0.25, -0.2) is 4.39 Å². The van der Waals surface area contributed by atoms with Crippen LogP contribution < -0.4 is 0 Å². The minimum atomic E-state index is -5.83. The molecule has 4 atom stereocenters. The summed E-state index contributed by atoms with van der Waals surface area (Å²) in [6.45, 7) is 5.68. The van der Waals surface area contributed by atoms with Crippen molar-refractivity contribution in [2.24, 2.45) is 16.7 Å². The summed E-state index contributed by atoms with van der Waals surface area (Å²) in [7, 11) is 0. The van der Waals surface area contributed by atoms with Gasteiger partial charge in [-0.15, -0.1) is 0 Å². The molecule has 0 aliphatic heterocycles. The average Bonchev–Trinajstić information content (AvgIpc) is 3.39. The lowest BCUT2D eigenvalue weighted by Crippen LogP contribution is -2.58. The zero-order valence-electron chi connectivity index (χ0n) is 19.6. The highest BCUT2D eigenvalue weighted by Gasteiger charge is 2.74. The van der Waals surface area contributed by atoms with Crippen LogP contribution in [0, 0.1) is 16.7 Å². The van der Waals surface area contributed by atoms with E-state index >= 15 is 0 Å². The van der Waals surface area contributed by atoms with Crippen molar-refractivity contribution in [2.45, 2.75) is 94.9 Å². The Labute approximate surface area is 200 Å². The maximum atomic E-state index is 14.1. The van der Waals surface area contributed by atoms with Gasteiger partial charge in [0.15, 0.2) is 0 Å². The van der Waals surface area contributed by atoms with E-state index in [1.165, 1.54) is 0 Å². The van der Waals surface area contributed by atoms with Crippen LogP contribution in [-0.2, 0) is 0 Å². The van der Waals surface area contributed by atoms with Crippen LogP contribution >= 0.6 is 0 Å². The van der Waals surface area contributed by atoms with Gasteiger partial charge in [-0.1, -0.05) is 42.9 Å². The second-order valence-corrected chi connectivity index (χ2v) is 11.0. The zero-order valence-corrected chi connectivity index (χ0v) is 19.6. The molecule has 0 spiro atoms. The van der Waals surface area contributed by atoms with E-state index in [-0.39, 0.29) is 31.6 Å². The number of alkyl halides is 7. The summed E-state index contributed by atoms with van der Waals surface area (Å²) in [5.41, 5.74) is -4.14. The number of allylic oxidation sites excluding steroid dienone is 6. The Morgan fingerprint density at radius 3 is 2.29 bits per heavy atom. The molecule has 4 aliphatic carbocycles. The molecular weight excluding hydrogens is 477 g/mol. The first-order chi connectivity index (χ1) is 16.0. The molecule has 0 amide bonds. The Hall–Kier alpha value is -1.61. The third-order valence-corrected chi connectivity index (χ3v) is 8.73. The van der Waals surface area contributed by atoms with E-state index in [0.717, 1.165) is 12.0 Å². The average molecular weight is 509 g/mol. The van der Waals surface area contributed by atoms with E-state index in [1.807, 2.05) is 13.0 Å². The van der Waals surface area contributed by atoms with Crippen molar-refractivity contribution >= 4 is 0 Å². The molecule has 4 rings (SSSR count). The third-order valence-electron chi connectivity index (χ3n) is 8.73. The van der Waals surface area contributed by atoms with Gasteiger partial charge in [0, 0.05) is 12.8 Å². The lowest BCUT2D eigenvalue weighted by atomic mass is 9.60. The van der Waals surface area contributed by atoms with Crippen molar-refractivity contribution in [1.82, 2.24) is 0 Å². The summed E-state index contributed by atoms with van der Waals surface area (Å²) >= 11 is 0. The lowest BCUT2D eigenvalue weighted by molar-refractivity contribution is -0.373. The Balaban J connectivity index is 1.61. The van der Waals surface area contributed by atoms with Gasteiger partial charge in [0.2, 0.25) is 0 Å². The summed E-state index contributed by atoms with van der Waals surface area (Å²) < 4.78 is 94.8. The monoisotopic (exact) mass is 508 g/mol. The fraction of sp³-hybridized carbons (Fsp3) is 0.692. The van der Waals surface area contributed by atoms with E-state index in [2.05, 4.69) is 6.58 Å². The fourth-order valence-electron chi connectivity index (χ4n) is 6.62. The van der Waals surface area contributed by atoms with Crippen LogP contribution in [0.1, 0.15) is 64.7 Å². The smallest absolute Gasteiger partial charge is 0.393 e. The predicted octanol–water partition coefficient (Wildman–Crippen LogP) is 7.05. The van der Waals surface area contributed by atoms with Crippen molar-refractivity contribution in [1.29, 1.82) is 0 Å². The van der Waals surface area contributed by atoms with Crippen LogP contribution in [0.3, 0.4) is 0 Å². The summed E-state index contributed by atoms with van der Waals surface area (Å²) in [5, 5.41) is 19.8. The number of aliphatic hydroxyl groups excluding tert-OH is 1. The molecule has 3 fully saturated rings. The number of fused-ring (bicyclic) bond motifs is 1. The highest BCUT2D eigenvalue weighted by Crippen LogP contribution is 2.69. The van der Waals surface area contributed by atoms with Crippen LogP contribution in [0.15, 0.2) is 47.1 Å². The molecule has 3 saturated carbocycles. The fourth-order valence-corrected chi connectivity index (χ4v) is 6.62. The molecule has 35 heavy (non-hydrogen) atoms. The highest BCUT2D eigenvalue weighted by molar-refractivity contribution is 5.42. The Bertz CT molecular complexity index is 953. The molecule has 0 heterocycles. The second kappa shape index (κ2) is 8.47. The summed E-state index contributed by atoms with van der Waals surface area (Å²) in [6, 6.07) is 0. The molecule has 0 saturated heterocycles. The Morgan fingerprint density at radius 2 is 1.71 bits per heavy atom. The molecule has 2 N–H and O–H groups in total. The molecule has 0 aromatic rings. The van der Waals surface area contributed by atoms with Crippen molar-refractivity contribution in [3.63, 3.8) is 0 Å². The molecule has 2 unspecified atom stereocenters. The van der Waals surface area contributed by atoms with Crippen molar-refractivity contribution in [3.8, 4) is 0 Å². The molecule has 9 heteroatoms. The zero-order chi connectivity index (χ0) is 26.0. The van der Waals surface area contributed by atoms with E-state index < -0.39 is 47.5 Å². The van der Waals surface area contributed by atoms with Crippen molar-refractivity contribution in [2.75, 3.05) is 0 Å². The number of hydrogen-bond donors (Lipinski definition) is 2. The number of halogens is 7. The Morgan fingerprint density at radius 1 is 1.09 bits per heavy atom. The molecule has 196 valence electrons. The first-order valence-corrected chi connectivity index (χ1v) is 12.0. The van der Waals surface area contributed by atoms with Gasteiger partial charge in [0.05, 0.1) is 6.10 Å². The molecule has 0 aromatic carbocycles.